The zero-order valence-corrected chi connectivity index (χ0v) is 16.8. The van der Waals surface area contributed by atoms with E-state index < -0.39 is 6.10 Å². The van der Waals surface area contributed by atoms with Crippen molar-refractivity contribution in [1.29, 1.82) is 0 Å². The molecule has 0 amide bonds. The fourth-order valence-corrected chi connectivity index (χ4v) is 3.36. The van der Waals surface area contributed by atoms with Crippen molar-refractivity contribution in [2.45, 2.75) is 44.8 Å². The summed E-state index contributed by atoms with van der Waals surface area (Å²) in [6.45, 7) is 2.95. The summed E-state index contributed by atoms with van der Waals surface area (Å²) in [5.41, 5.74) is 2.49. The van der Waals surface area contributed by atoms with Crippen LogP contribution in [0.15, 0.2) is 60.9 Å². The number of aliphatic hydroxyl groups is 1. The van der Waals surface area contributed by atoms with Crippen LogP contribution in [-0.4, -0.2) is 35.9 Å². The molecule has 2 unspecified atom stereocenters. The molecule has 28 heavy (non-hydrogen) atoms. The van der Waals surface area contributed by atoms with Crippen LogP contribution in [0.25, 0.3) is 10.8 Å². The highest BCUT2D eigenvalue weighted by Crippen LogP contribution is 2.24. The molecular weight excluding hydrogens is 348 g/mol. The third kappa shape index (κ3) is 5.78. The molecule has 0 spiro atoms. The van der Waals surface area contributed by atoms with Gasteiger partial charge in [-0.05, 0) is 86.3 Å². The molecule has 1 aromatic heterocycles. The summed E-state index contributed by atoms with van der Waals surface area (Å²) in [5.74, 6) is 0.795. The summed E-state index contributed by atoms with van der Waals surface area (Å²) < 4.78 is 6.01. The second-order valence-corrected chi connectivity index (χ2v) is 7.34. The Kier molecular flexibility index (Phi) is 7.40. The number of nitrogens with zero attached hydrogens (tertiary/aromatic N) is 1. The lowest BCUT2D eigenvalue weighted by Crippen LogP contribution is -2.29. The Balaban J connectivity index is 1.57. The number of fused-ring (bicyclic) bond motifs is 1. The molecule has 0 radical (unpaired) electrons. The molecule has 3 aromatic rings. The zero-order chi connectivity index (χ0) is 19.8. The van der Waals surface area contributed by atoms with E-state index in [2.05, 4.69) is 40.6 Å². The van der Waals surface area contributed by atoms with Crippen LogP contribution >= 0.6 is 0 Å². The lowest BCUT2D eigenvalue weighted by atomic mass is 10.0. The van der Waals surface area contributed by atoms with Crippen LogP contribution in [-0.2, 0) is 12.8 Å². The molecule has 0 aliphatic rings. The average molecular weight is 379 g/mol. The number of rotatable bonds is 10. The molecule has 3 rings (SSSR count). The molecule has 4 heteroatoms. The van der Waals surface area contributed by atoms with Crippen molar-refractivity contribution in [2.24, 2.45) is 0 Å². The highest BCUT2D eigenvalue weighted by Gasteiger charge is 2.16. The van der Waals surface area contributed by atoms with E-state index in [9.17, 15) is 5.11 Å². The first-order valence-electron chi connectivity index (χ1n) is 10.1. The first kappa shape index (κ1) is 20.3. The van der Waals surface area contributed by atoms with Crippen molar-refractivity contribution < 1.29 is 9.84 Å². The van der Waals surface area contributed by atoms with Gasteiger partial charge in [-0.15, -0.1) is 0 Å². The topological polar surface area (TPSA) is 54.4 Å². The Morgan fingerprint density at radius 2 is 1.86 bits per heavy atom. The number of aliphatic hydroxyl groups excluding tert-OH is 1. The van der Waals surface area contributed by atoms with Gasteiger partial charge in [0.1, 0.15) is 11.9 Å². The quantitative estimate of drug-likeness (QED) is 0.521. The van der Waals surface area contributed by atoms with Gasteiger partial charge in [0.15, 0.2) is 0 Å². The minimum atomic E-state index is -0.523. The van der Waals surface area contributed by atoms with E-state index in [1.807, 2.05) is 38.4 Å². The van der Waals surface area contributed by atoms with Crippen LogP contribution in [0.1, 0.15) is 30.9 Å². The number of pyridine rings is 1. The smallest absolute Gasteiger partial charge is 0.122 e. The van der Waals surface area contributed by atoms with Gasteiger partial charge in [-0.3, -0.25) is 4.98 Å². The maximum absolute atomic E-state index is 10.4. The molecule has 0 aliphatic heterocycles. The number of ether oxygens (including phenoxy) is 1. The maximum atomic E-state index is 10.4. The van der Waals surface area contributed by atoms with Gasteiger partial charge in [0.05, 0.1) is 6.10 Å². The summed E-state index contributed by atoms with van der Waals surface area (Å²) in [6.07, 6.45) is 6.46. The number of hydrogen-bond donors (Lipinski definition) is 2. The number of aryl methyl sites for hydroxylation is 2. The Morgan fingerprint density at radius 3 is 2.64 bits per heavy atom. The van der Waals surface area contributed by atoms with Crippen molar-refractivity contribution in [3.05, 3.63) is 72.1 Å². The highest BCUT2D eigenvalue weighted by molar-refractivity contribution is 5.84. The van der Waals surface area contributed by atoms with Crippen LogP contribution < -0.4 is 10.1 Å². The first-order valence-corrected chi connectivity index (χ1v) is 10.1. The average Bonchev–Trinajstić information content (AvgIpc) is 2.73. The predicted molar refractivity (Wildman–Crippen MR) is 115 cm³/mol. The molecular formula is C24H30N2O2. The van der Waals surface area contributed by atoms with E-state index in [0.29, 0.717) is 6.42 Å². The van der Waals surface area contributed by atoms with E-state index in [-0.39, 0.29) is 6.10 Å². The summed E-state index contributed by atoms with van der Waals surface area (Å²) in [5, 5.41) is 16.0. The van der Waals surface area contributed by atoms with Crippen LogP contribution in [0.3, 0.4) is 0 Å². The first-order chi connectivity index (χ1) is 13.7. The van der Waals surface area contributed by atoms with E-state index >= 15 is 0 Å². The molecule has 4 nitrogen and oxygen atoms in total. The zero-order valence-electron chi connectivity index (χ0n) is 16.8. The monoisotopic (exact) mass is 378 g/mol. The minimum absolute atomic E-state index is 0.269. The van der Waals surface area contributed by atoms with Gasteiger partial charge in [-0.25, -0.2) is 0 Å². The third-order valence-electron chi connectivity index (χ3n) is 5.08. The predicted octanol–water partition coefficient (Wildman–Crippen LogP) is 4.15. The largest absolute Gasteiger partial charge is 0.488 e. The van der Waals surface area contributed by atoms with E-state index in [1.54, 1.807) is 6.20 Å². The van der Waals surface area contributed by atoms with E-state index in [4.69, 9.17) is 4.74 Å². The van der Waals surface area contributed by atoms with Crippen molar-refractivity contribution in [1.82, 2.24) is 10.3 Å². The van der Waals surface area contributed by atoms with Crippen molar-refractivity contribution in [3.8, 4) is 5.75 Å². The molecule has 2 N–H and O–H groups in total. The molecule has 0 fully saturated rings. The standard InChI is InChI=1S/C24H30N2O2/c1-18(24(27)12-8-20-6-4-14-26-17-20)28-23-11-10-21-15-19(5-3-13-25-2)7-9-22(21)16-23/h4,6-7,9-11,14-18,24-25,27H,3,5,8,12-13H2,1-2H3. The van der Waals surface area contributed by atoms with Crippen molar-refractivity contribution in [3.63, 3.8) is 0 Å². The van der Waals surface area contributed by atoms with E-state index in [0.717, 1.165) is 42.5 Å². The van der Waals surface area contributed by atoms with Gasteiger partial charge >= 0.3 is 0 Å². The number of aromatic nitrogens is 1. The second-order valence-electron chi connectivity index (χ2n) is 7.34. The highest BCUT2D eigenvalue weighted by atomic mass is 16.5. The Bertz CT molecular complexity index is 867. The fraction of sp³-hybridized carbons (Fsp3) is 0.375. The molecule has 148 valence electrons. The molecule has 0 saturated carbocycles. The van der Waals surface area contributed by atoms with Crippen LogP contribution in [0.2, 0.25) is 0 Å². The van der Waals surface area contributed by atoms with Gasteiger partial charge in [0.2, 0.25) is 0 Å². The lowest BCUT2D eigenvalue weighted by molar-refractivity contribution is 0.0421. The molecule has 2 atom stereocenters. The molecule has 1 heterocycles. The summed E-state index contributed by atoms with van der Waals surface area (Å²) in [6, 6.07) is 16.7. The summed E-state index contributed by atoms with van der Waals surface area (Å²) >= 11 is 0. The van der Waals surface area contributed by atoms with Gasteiger partial charge < -0.3 is 15.2 Å². The number of benzene rings is 2. The Labute approximate surface area is 167 Å². The normalized spacial score (nSPS) is 13.4. The molecule has 0 aliphatic carbocycles. The molecule has 2 aromatic carbocycles. The van der Waals surface area contributed by atoms with Gasteiger partial charge in [-0.2, -0.15) is 0 Å². The SMILES string of the molecule is CNCCCc1ccc2cc(OC(C)C(O)CCc3cccnc3)ccc2c1. The fourth-order valence-electron chi connectivity index (χ4n) is 3.36. The van der Waals surface area contributed by atoms with Gasteiger partial charge in [0, 0.05) is 12.4 Å². The maximum Gasteiger partial charge on any atom is 0.122 e. The van der Waals surface area contributed by atoms with Gasteiger partial charge in [0.25, 0.3) is 0 Å². The third-order valence-corrected chi connectivity index (χ3v) is 5.08. The van der Waals surface area contributed by atoms with Crippen molar-refractivity contribution in [2.75, 3.05) is 13.6 Å². The second kappa shape index (κ2) is 10.2. The van der Waals surface area contributed by atoms with E-state index in [1.165, 1.54) is 10.9 Å². The number of nitrogens with one attached hydrogen (secondary N) is 1. The minimum Gasteiger partial charge on any atom is -0.488 e. The Hall–Kier alpha value is -2.43. The summed E-state index contributed by atoms with van der Waals surface area (Å²) in [4.78, 5) is 4.12. The van der Waals surface area contributed by atoms with Crippen LogP contribution in [0, 0.1) is 0 Å². The van der Waals surface area contributed by atoms with Crippen molar-refractivity contribution >= 4 is 10.8 Å². The molecule has 0 bridgehead atoms. The lowest BCUT2D eigenvalue weighted by Gasteiger charge is -2.21. The number of hydrogen-bond acceptors (Lipinski definition) is 4. The summed E-state index contributed by atoms with van der Waals surface area (Å²) in [7, 11) is 1.98. The van der Waals surface area contributed by atoms with Gasteiger partial charge in [-0.1, -0.05) is 30.3 Å². The van der Waals surface area contributed by atoms with Crippen LogP contribution in [0.5, 0.6) is 5.75 Å². The Morgan fingerprint density at radius 1 is 1.04 bits per heavy atom. The van der Waals surface area contributed by atoms with Crippen LogP contribution in [0.4, 0.5) is 0 Å². The molecule has 0 saturated heterocycles.